The van der Waals surface area contributed by atoms with E-state index >= 15 is 0 Å². The zero-order valence-electron chi connectivity index (χ0n) is 10.0. The fourth-order valence-electron chi connectivity index (χ4n) is 0.989. The molecule has 0 saturated heterocycles. The fraction of sp³-hybridized carbons (Fsp3) is 0.909. The maximum atomic E-state index is 11.2. The lowest BCUT2D eigenvalue weighted by Gasteiger charge is -2.07. The van der Waals surface area contributed by atoms with Crippen molar-refractivity contribution in [2.45, 2.75) is 26.7 Å². The topological polar surface area (TPSA) is 47.6 Å². The number of hydrogen-bond donors (Lipinski definition) is 1. The highest BCUT2D eigenvalue weighted by Crippen LogP contribution is 1.92. The fourth-order valence-corrected chi connectivity index (χ4v) is 0.989. The molecule has 0 aromatic heterocycles. The summed E-state index contributed by atoms with van der Waals surface area (Å²) in [5.41, 5.74) is 0. The second-order valence-electron chi connectivity index (χ2n) is 3.76. The highest BCUT2D eigenvalue weighted by molar-refractivity contribution is 5.77. The number of amides is 1. The quantitative estimate of drug-likeness (QED) is 0.590. The lowest BCUT2D eigenvalue weighted by Crippen LogP contribution is -2.28. The molecule has 0 fully saturated rings. The van der Waals surface area contributed by atoms with Crippen molar-refractivity contribution in [2.75, 3.05) is 33.5 Å². The van der Waals surface area contributed by atoms with Crippen LogP contribution in [0.3, 0.4) is 0 Å². The molecule has 4 heteroatoms. The van der Waals surface area contributed by atoms with E-state index in [-0.39, 0.29) is 11.8 Å². The Balaban J connectivity index is 3.08. The maximum absolute atomic E-state index is 11.2. The van der Waals surface area contributed by atoms with Crippen LogP contribution in [0, 0.1) is 5.92 Å². The van der Waals surface area contributed by atoms with Gasteiger partial charge in [0.2, 0.25) is 5.91 Å². The predicted octanol–water partition coefficient (Wildman–Crippen LogP) is 1.20. The van der Waals surface area contributed by atoms with E-state index in [0.29, 0.717) is 13.2 Å². The first-order valence-electron chi connectivity index (χ1n) is 5.53. The molecule has 1 N–H and O–H groups in total. The summed E-state index contributed by atoms with van der Waals surface area (Å²) in [5.74, 6) is 0.193. The van der Waals surface area contributed by atoms with Crippen LogP contribution in [0.2, 0.25) is 0 Å². The third kappa shape index (κ3) is 9.69. The van der Waals surface area contributed by atoms with Crippen molar-refractivity contribution < 1.29 is 14.3 Å². The standard InChI is InChI=1S/C11H23NO3/c1-10(2)11(13)12-6-4-5-7-15-9-8-14-3/h10H,4-9H2,1-3H3,(H,12,13). The van der Waals surface area contributed by atoms with E-state index in [4.69, 9.17) is 9.47 Å². The Morgan fingerprint density at radius 3 is 2.53 bits per heavy atom. The van der Waals surface area contributed by atoms with Crippen LogP contribution in [0.15, 0.2) is 0 Å². The van der Waals surface area contributed by atoms with Crippen LogP contribution in [0.1, 0.15) is 26.7 Å². The summed E-state index contributed by atoms with van der Waals surface area (Å²) in [6.45, 7) is 6.55. The van der Waals surface area contributed by atoms with E-state index in [9.17, 15) is 4.79 Å². The zero-order valence-corrected chi connectivity index (χ0v) is 10.0. The molecule has 90 valence electrons. The first-order chi connectivity index (χ1) is 7.18. The van der Waals surface area contributed by atoms with E-state index < -0.39 is 0 Å². The van der Waals surface area contributed by atoms with Crippen molar-refractivity contribution in [1.82, 2.24) is 5.32 Å². The Morgan fingerprint density at radius 1 is 1.20 bits per heavy atom. The monoisotopic (exact) mass is 217 g/mol. The summed E-state index contributed by atoms with van der Waals surface area (Å²) in [4.78, 5) is 11.2. The third-order valence-electron chi connectivity index (χ3n) is 1.97. The summed E-state index contributed by atoms with van der Waals surface area (Å²) in [6.07, 6.45) is 1.94. The summed E-state index contributed by atoms with van der Waals surface area (Å²) in [7, 11) is 1.66. The molecule has 0 aromatic rings. The summed E-state index contributed by atoms with van der Waals surface area (Å²) >= 11 is 0. The molecule has 0 bridgehead atoms. The van der Waals surface area contributed by atoms with Gasteiger partial charge in [-0.25, -0.2) is 0 Å². The van der Waals surface area contributed by atoms with Crippen molar-refractivity contribution in [1.29, 1.82) is 0 Å². The van der Waals surface area contributed by atoms with Crippen molar-refractivity contribution in [3.8, 4) is 0 Å². The Morgan fingerprint density at radius 2 is 1.93 bits per heavy atom. The van der Waals surface area contributed by atoms with Gasteiger partial charge in [0.05, 0.1) is 13.2 Å². The Labute approximate surface area is 92.3 Å². The largest absolute Gasteiger partial charge is 0.382 e. The third-order valence-corrected chi connectivity index (χ3v) is 1.97. The zero-order chi connectivity index (χ0) is 11.5. The smallest absolute Gasteiger partial charge is 0.222 e. The first-order valence-corrected chi connectivity index (χ1v) is 5.53. The van der Waals surface area contributed by atoms with Crippen molar-refractivity contribution in [2.24, 2.45) is 5.92 Å². The summed E-state index contributed by atoms with van der Waals surface area (Å²) in [5, 5.41) is 2.86. The highest BCUT2D eigenvalue weighted by Gasteiger charge is 2.04. The van der Waals surface area contributed by atoms with Gasteiger partial charge >= 0.3 is 0 Å². The molecule has 0 unspecified atom stereocenters. The van der Waals surface area contributed by atoms with E-state index in [0.717, 1.165) is 26.0 Å². The van der Waals surface area contributed by atoms with Crippen LogP contribution in [0.25, 0.3) is 0 Å². The second kappa shape index (κ2) is 9.93. The second-order valence-corrected chi connectivity index (χ2v) is 3.76. The molecule has 0 aliphatic carbocycles. The highest BCUT2D eigenvalue weighted by atomic mass is 16.5. The van der Waals surface area contributed by atoms with Gasteiger partial charge in [0, 0.05) is 26.2 Å². The van der Waals surface area contributed by atoms with Crippen LogP contribution in [0.5, 0.6) is 0 Å². The minimum Gasteiger partial charge on any atom is -0.382 e. The summed E-state index contributed by atoms with van der Waals surface area (Å²) < 4.78 is 10.1. The van der Waals surface area contributed by atoms with Gasteiger partial charge in [0.15, 0.2) is 0 Å². The normalized spacial score (nSPS) is 10.7. The molecule has 4 nitrogen and oxygen atoms in total. The van der Waals surface area contributed by atoms with Gasteiger partial charge in [-0.3, -0.25) is 4.79 Å². The molecule has 0 radical (unpaired) electrons. The van der Waals surface area contributed by atoms with Crippen molar-refractivity contribution in [3.63, 3.8) is 0 Å². The van der Waals surface area contributed by atoms with Gasteiger partial charge in [-0.05, 0) is 12.8 Å². The van der Waals surface area contributed by atoms with Gasteiger partial charge in [-0.1, -0.05) is 13.8 Å². The molecular formula is C11H23NO3. The number of carbonyl (C=O) groups excluding carboxylic acids is 1. The van der Waals surface area contributed by atoms with Crippen LogP contribution in [-0.2, 0) is 14.3 Å². The molecule has 0 aliphatic rings. The average molecular weight is 217 g/mol. The minimum atomic E-state index is 0.0722. The number of nitrogens with one attached hydrogen (secondary N) is 1. The predicted molar refractivity (Wildman–Crippen MR) is 59.8 cm³/mol. The number of ether oxygens (including phenoxy) is 2. The van der Waals surface area contributed by atoms with Gasteiger partial charge in [-0.15, -0.1) is 0 Å². The molecule has 15 heavy (non-hydrogen) atoms. The molecular weight excluding hydrogens is 194 g/mol. The van der Waals surface area contributed by atoms with Crippen molar-refractivity contribution >= 4 is 5.91 Å². The molecule has 0 heterocycles. The molecule has 0 saturated carbocycles. The van der Waals surface area contributed by atoms with E-state index in [1.807, 2.05) is 13.8 Å². The summed E-state index contributed by atoms with van der Waals surface area (Å²) in [6, 6.07) is 0. The number of carbonyl (C=O) groups is 1. The molecule has 0 aliphatic heterocycles. The van der Waals surface area contributed by atoms with Gasteiger partial charge in [-0.2, -0.15) is 0 Å². The molecule has 0 atom stereocenters. The lowest BCUT2D eigenvalue weighted by molar-refractivity contribution is -0.123. The van der Waals surface area contributed by atoms with Gasteiger partial charge in [0.25, 0.3) is 0 Å². The van der Waals surface area contributed by atoms with Crippen LogP contribution >= 0.6 is 0 Å². The molecule has 0 aromatic carbocycles. The lowest BCUT2D eigenvalue weighted by atomic mass is 10.2. The molecule has 0 spiro atoms. The minimum absolute atomic E-state index is 0.0722. The van der Waals surface area contributed by atoms with E-state index in [2.05, 4.69) is 5.32 Å². The van der Waals surface area contributed by atoms with E-state index in [1.165, 1.54) is 0 Å². The molecule has 1 amide bonds. The number of hydrogen-bond acceptors (Lipinski definition) is 3. The average Bonchev–Trinajstić information content (AvgIpc) is 2.21. The maximum Gasteiger partial charge on any atom is 0.222 e. The Kier molecular flexibility index (Phi) is 9.52. The molecule has 0 rings (SSSR count). The SMILES string of the molecule is COCCOCCCCNC(=O)C(C)C. The van der Waals surface area contributed by atoms with Crippen LogP contribution in [-0.4, -0.2) is 39.4 Å². The number of methoxy groups -OCH3 is 1. The van der Waals surface area contributed by atoms with Crippen LogP contribution in [0.4, 0.5) is 0 Å². The number of unbranched alkanes of at least 4 members (excludes halogenated alkanes) is 1. The Hall–Kier alpha value is -0.610. The van der Waals surface area contributed by atoms with Gasteiger partial charge in [0.1, 0.15) is 0 Å². The first kappa shape index (κ1) is 14.4. The van der Waals surface area contributed by atoms with Crippen molar-refractivity contribution in [3.05, 3.63) is 0 Å². The number of rotatable bonds is 9. The van der Waals surface area contributed by atoms with Crippen LogP contribution < -0.4 is 5.32 Å². The van der Waals surface area contributed by atoms with E-state index in [1.54, 1.807) is 7.11 Å². The van der Waals surface area contributed by atoms with Gasteiger partial charge < -0.3 is 14.8 Å². The Bertz CT molecular complexity index is 160.